The molecule has 0 bridgehead atoms. The van der Waals surface area contributed by atoms with Gasteiger partial charge in [-0.2, -0.15) is 4.98 Å². The van der Waals surface area contributed by atoms with Crippen molar-refractivity contribution < 1.29 is 17.6 Å². The molecule has 0 atom stereocenters. The van der Waals surface area contributed by atoms with Crippen LogP contribution in [-0.4, -0.2) is 33.7 Å². The molecule has 0 saturated carbocycles. The summed E-state index contributed by atoms with van der Waals surface area (Å²) in [5.74, 6) is 0.347. The third-order valence-corrected chi connectivity index (χ3v) is 5.63. The molecule has 1 aromatic heterocycles. The van der Waals surface area contributed by atoms with E-state index in [2.05, 4.69) is 10.3 Å². The van der Waals surface area contributed by atoms with E-state index in [9.17, 15) is 8.42 Å². The molecule has 0 amide bonds. The van der Waals surface area contributed by atoms with Crippen molar-refractivity contribution in [3.8, 4) is 0 Å². The summed E-state index contributed by atoms with van der Waals surface area (Å²) in [6, 6.07) is 17.8. The third-order valence-electron chi connectivity index (χ3n) is 3.95. The second kappa shape index (κ2) is 9.34. The molecule has 7 heteroatoms. The molecule has 0 saturated heterocycles. The Labute approximate surface area is 164 Å². The first kappa shape index (κ1) is 19.9. The van der Waals surface area contributed by atoms with Crippen LogP contribution in [0.1, 0.15) is 17.9 Å². The first-order valence-electron chi connectivity index (χ1n) is 8.88. The Morgan fingerprint density at radius 1 is 1.04 bits per heavy atom. The van der Waals surface area contributed by atoms with Gasteiger partial charge in [0.25, 0.3) is 0 Å². The number of benzene rings is 2. The maximum atomic E-state index is 13.0. The lowest BCUT2D eigenvalue weighted by Crippen LogP contribution is -2.09. The Hall–Kier alpha value is -2.90. The molecule has 146 valence electrons. The van der Waals surface area contributed by atoms with Gasteiger partial charge in [0, 0.05) is 26.3 Å². The number of ether oxygens (including phenoxy) is 1. The first-order chi connectivity index (χ1) is 13.6. The number of anilines is 1. The summed E-state index contributed by atoms with van der Waals surface area (Å²) in [5, 5.41) is 2.90. The maximum Gasteiger partial charge on any atom is 0.233 e. The molecule has 1 N–H and O–H groups in total. The predicted molar refractivity (Wildman–Crippen MR) is 109 cm³/mol. The lowest BCUT2D eigenvalue weighted by Gasteiger charge is -2.05. The van der Waals surface area contributed by atoms with Crippen LogP contribution >= 0.6 is 0 Å². The van der Waals surface area contributed by atoms with Gasteiger partial charge in [0.15, 0.2) is 0 Å². The Balaban J connectivity index is 1.92. The molecule has 1 heterocycles. The van der Waals surface area contributed by atoms with Gasteiger partial charge in [-0.3, -0.25) is 0 Å². The number of hydrogen-bond acceptors (Lipinski definition) is 6. The molecule has 3 aromatic rings. The lowest BCUT2D eigenvalue weighted by molar-refractivity contribution is 0.197. The minimum atomic E-state index is -3.81. The van der Waals surface area contributed by atoms with Gasteiger partial charge in [-0.1, -0.05) is 48.5 Å². The molecule has 0 unspecified atom stereocenters. The molecule has 6 nitrogen and oxygen atoms in total. The smallest absolute Gasteiger partial charge is 0.233 e. The van der Waals surface area contributed by atoms with E-state index in [-0.39, 0.29) is 21.7 Å². The molecule has 0 spiro atoms. The number of nitrogens with zero attached hydrogens (tertiary/aromatic N) is 1. The Bertz CT molecular complexity index is 1010. The summed E-state index contributed by atoms with van der Waals surface area (Å²) in [6.45, 7) is 1.06. The molecule has 0 radical (unpaired) electrons. The highest BCUT2D eigenvalue weighted by molar-refractivity contribution is 7.91. The van der Waals surface area contributed by atoms with E-state index >= 15 is 0 Å². The molecule has 0 fully saturated rings. The van der Waals surface area contributed by atoms with Crippen molar-refractivity contribution in [2.45, 2.75) is 16.3 Å². The van der Waals surface area contributed by atoms with Crippen molar-refractivity contribution >= 4 is 27.9 Å². The second-order valence-electron chi connectivity index (χ2n) is 6.02. The molecule has 28 heavy (non-hydrogen) atoms. The first-order valence-corrected chi connectivity index (χ1v) is 10.4. The minimum Gasteiger partial charge on any atom is -0.420 e. The highest BCUT2D eigenvalue weighted by Crippen LogP contribution is 2.29. The Kier molecular flexibility index (Phi) is 6.62. The number of oxazole rings is 1. The van der Waals surface area contributed by atoms with Gasteiger partial charge >= 0.3 is 0 Å². The minimum absolute atomic E-state index is 0.121. The van der Waals surface area contributed by atoms with Gasteiger partial charge in [-0.25, -0.2) is 8.42 Å². The SMILES string of the molecule is COCCCNc1oc(C=Cc2ccccc2)nc1S(=O)(=O)c1ccccc1. The van der Waals surface area contributed by atoms with Crippen LogP contribution < -0.4 is 5.32 Å². The van der Waals surface area contributed by atoms with Gasteiger partial charge in [0.2, 0.25) is 26.6 Å². The van der Waals surface area contributed by atoms with Gasteiger partial charge in [0.1, 0.15) is 0 Å². The quantitative estimate of drug-likeness (QED) is 0.546. The van der Waals surface area contributed by atoms with Crippen LogP contribution in [0.3, 0.4) is 0 Å². The molecule has 2 aromatic carbocycles. The zero-order chi connectivity index (χ0) is 19.8. The van der Waals surface area contributed by atoms with E-state index in [4.69, 9.17) is 9.15 Å². The van der Waals surface area contributed by atoms with E-state index < -0.39 is 9.84 Å². The summed E-state index contributed by atoms with van der Waals surface area (Å²) in [5.41, 5.74) is 0.961. The fourth-order valence-electron chi connectivity index (χ4n) is 2.55. The molecular formula is C21H22N2O4S. The summed E-state index contributed by atoms with van der Waals surface area (Å²) < 4.78 is 36.8. The zero-order valence-electron chi connectivity index (χ0n) is 15.5. The van der Waals surface area contributed by atoms with Crippen molar-refractivity contribution in [1.29, 1.82) is 0 Å². The van der Waals surface area contributed by atoms with Gasteiger partial charge in [-0.05, 0) is 30.2 Å². The lowest BCUT2D eigenvalue weighted by atomic mass is 10.2. The topological polar surface area (TPSA) is 81.4 Å². The number of methoxy groups -OCH3 is 1. The molecule has 0 aliphatic rings. The Morgan fingerprint density at radius 2 is 1.71 bits per heavy atom. The molecular weight excluding hydrogens is 376 g/mol. The third kappa shape index (κ3) is 4.88. The second-order valence-corrected chi connectivity index (χ2v) is 7.88. The normalized spacial score (nSPS) is 11.8. The highest BCUT2D eigenvalue weighted by Gasteiger charge is 2.27. The summed E-state index contributed by atoms with van der Waals surface area (Å²) in [6.07, 6.45) is 4.18. The molecule has 0 aliphatic carbocycles. The molecule has 3 rings (SSSR count). The van der Waals surface area contributed by atoms with Gasteiger partial charge < -0.3 is 14.5 Å². The fraction of sp³-hybridized carbons (Fsp3) is 0.190. The van der Waals surface area contributed by atoms with Crippen molar-refractivity contribution in [2.24, 2.45) is 0 Å². The largest absolute Gasteiger partial charge is 0.420 e. The van der Waals surface area contributed by atoms with Crippen LogP contribution in [0.4, 0.5) is 5.88 Å². The summed E-state index contributed by atoms with van der Waals surface area (Å²) in [4.78, 5) is 4.41. The number of hydrogen-bond donors (Lipinski definition) is 1. The average Bonchev–Trinajstić information content (AvgIpc) is 3.15. The van der Waals surface area contributed by atoms with Gasteiger partial charge in [-0.15, -0.1) is 0 Å². The molecule has 0 aliphatic heterocycles. The number of rotatable bonds is 9. The summed E-state index contributed by atoms with van der Waals surface area (Å²) >= 11 is 0. The van der Waals surface area contributed by atoms with Crippen molar-refractivity contribution in [1.82, 2.24) is 4.98 Å². The van der Waals surface area contributed by atoms with E-state index in [1.807, 2.05) is 36.4 Å². The van der Waals surface area contributed by atoms with E-state index in [0.29, 0.717) is 19.6 Å². The maximum absolute atomic E-state index is 13.0. The van der Waals surface area contributed by atoms with E-state index in [1.165, 1.54) is 12.1 Å². The number of sulfone groups is 1. The number of aromatic nitrogens is 1. The van der Waals surface area contributed by atoms with Crippen LogP contribution in [-0.2, 0) is 14.6 Å². The van der Waals surface area contributed by atoms with Crippen LogP contribution in [0.15, 0.2) is 75.0 Å². The van der Waals surface area contributed by atoms with Crippen LogP contribution in [0.25, 0.3) is 12.2 Å². The van der Waals surface area contributed by atoms with Crippen molar-refractivity contribution in [3.63, 3.8) is 0 Å². The van der Waals surface area contributed by atoms with Crippen LogP contribution in [0, 0.1) is 0 Å². The predicted octanol–water partition coefficient (Wildman–Crippen LogP) is 4.13. The van der Waals surface area contributed by atoms with E-state index in [1.54, 1.807) is 31.4 Å². The Morgan fingerprint density at radius 3 is 2.39 bits per heavy atom. The standard InChI is InChI=1S/C21H22N2O4S/c1-26-16-8-15-22-20-21(28(24,25)18-11-6-3-7-12-18)23-19(27-20)14-13-17-9-4-2-5-10-17/h2-7,9-14,22H,8,15-16H2,1H3. The number of nitrogens with one attached hydrogen (secondary N) is 1. The van der Waals surface area contributed by atoms with Crippen molar-refractivity contribution in [2.75, 3.05) is 25.6 Å². The van der Waals surface area contributed by atoms with Crippen LogP contribution in [0.2, 0.25) is 0 Å². The van der Waals surface area contributed by atoms with Gasteiger partial charge in [0.05, 0.1) is 4.90 Å². The highest BCUT2D eigenvalue weighted by atomic mass is 32.2. The van der Waals surface area contributed by atoms with Crippen LogP contribution in [0.5, 0.6) is 0 Å². The van der Waals surface area contributed by atoms with Crippen molar-refractivity contribution in [3.05, 3.63) is 72.1 Å². The van der Waals surface area contributed by atoms with E-state index in [0.717, 1.165) is 5.56 Å². The average molecular weight is 398 g/mol. The monoisotopic (exact) mass is 398 g/mol. The summed E-state index contributed by atoms with van der Waals surface area (Å²) in [7, 11) is -2.19. The fourth-order valence-corrected chi connectivity index (χ4v) is 3.86. The zero-order valence-corrected chi connectivity index (χ0v) is 16.4.